The number of anilines is 3. The van der Waals surface area contributed by atoms with Crippen LogP contribution in [0.4, 0.5) is 17.1 Å². The standard InChI is InChI=1S/C50H32BNS2/c1-4-16-33(17-5-1)48-38-22-10-12-24-40(38)49(41-25-13-11-23-39(41)48)34-30-46-50-47(31-34)54-45-32-37(28-29-43(45)51(50)42-26-14-15-27-44(42)53-46)52(35-18-6-2-7-19-35)36-20-8-3-9-21-36/h1-32H. The molecule has 252 valence electrons. The Morgan fingerprint density at radius 3 is 1.39 bits per heavy atom. The minimum atomic E-state index is 0.169. The van der Waals surface area contributed by atoms with Crippen LogP contribution in [-0.2, 0) is 0 Å². The molecular weight excluding hydrogens is 690 g/mol. The van der Waals surface area contributed by atoms with E-state index >= 15 is 0 Å². The quantitative estimate of drug-likeness (QED) is 0.129. The smallest absolute Gasteiger partial charge is 0.247 e. The summed E-state index contributed by atoms with van der Waals surface area (Å²) in [6.07, 6.45) is 0. The maximum atomic E-state index is 2.49. The number of fused-ring (bicyclic) bond motifs is 6. The van der Waals surface area contributed by atoms with E-state index in [0.29, 0.717) is 0 Å². The van der Waals surface area contributed by atoms with Crippen LogP contribution in [0.15, 0.2) is 214 Å². The second kappa shape index (κ2) is 12.9. The Morgan fingerprint density at radius 2 is 0.796 bits per heavy atom. The molecule has 0 amide bonds. The van der Waals surface area contributed by atoms with Crippen molar-refractivity contribution >= 4 is 85.2 Å². The summed E-state index contributed by atoms with van der Waals surface area (Å²) < 4.78 is 0. The Hall–Kier alpha value is -5.94. The lowest BCUT2D eigenvalue weighted by atomic mass is 9.36. The van der Waals surface area contributed by atoms with Crippen LogP contribution in [0.25, 0.3) is 43.8 Å². The van der Waals surface area contributed by atoms with Crippen LogP contribution in [-0.4, -0.2) is 6.71 Å². The molecular formula is C50H32BNS2. The molecule has 9 aromatic rings. The fourth-order valence-electron chi connectivity index (χ4n) is 8.67. The molecule has 0 N–H and O–H groups in total. The van der Waals surface area contributed by atoms with Crippen molar-refractivity contribution in [2.45, 2.75) is 19.6 Å². The molecule has 0 aromatic heterocycles. The Kier molecular flexibility index (Phi) is 7.53. The summed E-state index contributed by atoms with van der Waals surface area (Å²) in [6.45, 7) is 0.169. The van der Waals surface area contributed by atoms with Gasteiger partial charge in [0.25, 0.3) is 0 Å². The van der Waals surface area contributed by atoms with Crippen molar-refractivity contribution in [2.24, 2.45) is 0 Å². The van der Waals surface area contributed by atoms with Gasteiger partial charge < -0.3 is 4.90 Å². The number of hydrogen-bond acceptors (Lipinski definition) is 3. The van der Waals surface area contributed by atoms with Crippen molar-refractivity contribution in [3.05, 3.63) is 194 Å². The van der Waals surface area contributed by atoms with E-state index in [1.165, 1.54) is 79.8 Å². The van der Waals surface area contributed by atoms with Crippen LogP contribution in [0.2, 0.25) is 0 Å². The lowest BCUT2D eigenvalue weighted by Crippen LogP contribution is -2.58. The summed E-state index contributed by atoms with van der Waals surface area (Å²) in [6, 6.07) is 71.4. The van der Waals surface area contributed by atoms with E-state index in [1.807, 2.05) is 23.5 Å². The average molecular weight is 722 g/mol. The average Bonchev–Trinajstić information content (AvgIpc) is 3.23. The summed E-state index contributed by atoms with van der Waals surface area (Å²) in [5.74, 6) is 0. The molecule has 9 aromatic carbocycles. The minimum absolute atomic E-state index is 0.169. The minimum Gasteiger partial charge on any atom is -0.310 e. The summed E-state index contributed by atoms with van der Waals surface area (Å²) >= 11 is 3.85. The van der Waals surface area contributed by atoms with Crippen molar-refractivity contribution in [1.29, 1.82) is 0 Å². The van der Waals surface area contributed by atoms with Gasteiger partial charge in [-0.25, -0.2) is 0 Å². The van der Waals surface area contributed by atoms with E-state index in [9.17, 15) is 0 Å². The predicted molar refractivity (Wildman–Crippen MR) is 233 cm³/mol. The van der Waals surface area contributed by atoms with Crippen LogP contribution in [0.1, 0.15) is 0 Å². The zero-order chi connectivity index (χ0) is 35.6. The van der Waals surface area contributed by atoms with Crippen LogP contribution >= 0.6 is 23.5 Å². The lowest BCUT2D eigenvalue weighted by molar-refractivity contribution is 1.26. The number of rotatable bonds is 5. The highest BCUT2D eigenvalue weighted by atomic mass is 32.2. The van der Waals surface area contributed by atoms with Crippen molar-refractivity contribution in [3.63, 3.8) is 0 Å². The molecule has 0 saturated carbocycles. The fraction of sp³-hybridized carbons (Fsp3) is 0. The van der Waals surface area contributed by atoms with Gasteiger partial charge in [0.2, 0.25) is 6.71 Å². The third-order valence-corrected chi connectivity index (χ3v) is 13.2. The number of benzene rings is 9. The number of nitrogens with zero attached hydrogens (tertiary/aromatic N) is 1. The topological polar surface area (TPSA) is 3.24 Å². The van der Waals surface area contributed by atoms with E-state index < -0.39 is 0 Å². The molecule has 11 rings (SSSR count). The molecule has 2 heterocycles. The van der Waals surface area contributed by atoms with Gasteiger partial charge in [-0.1, -0.05) is 174 Å². The molecule has 0 radical (unpaired) electrons. The Morgan fingerprint density at radius 1 is 0.333 bits per heavy atom. The lowest BCUT2D eigenvalue weighted by Gasteiger charge is -2.34. The van der Waals surface area contributed by atoms with E-state index in [4.69, 9.17) is 0 Å². The van der Waals surface area contributed by atoms with Crippen LogP contribution in [0, 0.1) is 0 Å². The highest BCUT2D eigenvalue weighted by Gasteiger charge is 2.39. The second-order valence-electron chi connectivity index (χ2n) is 14.0. The molecule has 0 aliphatic carbocycles. The Bertz CT molecular complexity index is 2800. The SMILES string of the molecule is c1ccc(-c2c3ccccc3c(-c3cc4c5c(c3)Sc3cc(N(c6ccccc6)c6ccccc6)ccc3B5c3ccccc3S4)c3ccccc23)cc1. The first-order valence-corrected chi connectivity index (χ1v) is 20.1. The van der Waals surface area contributed by atoms with Crippen molar-refractivity contribution < 1.29 is 0 Å². The normalized spacial score (nSPS) is 12.6. The molecule has 4 heteroatoms. The zero-order valence-corrected chi connectivity index (χ0v) is 30.9. The highest BCUT2D eigenvalue weighted by Crippen LogP contribution is 2.47. The van der Waals surface area contributed by atoms with E-state index in [-0.39, 0.29) is 6.71 Å². The molecule has 54 heavy (non-hydrogen) atoms. The van der Waals surface area contributed by atoms with Gasteiger partial charge in [-0.05, 0) is 104 Å². The van der Waals surface area contributed by atoms with Crippen molar-refractivity contribution in [2.75, 3.05) is 4.90 Å². The predicted octanol–water partition coefficient (Wildman–Crippen LogP) is 12.2. The summed E-state index contributed by atoms with van der Waals surface area (Å²) in [5.41, 5.74) is 12.8. The summed E-state index contributed by atoms with van der Waals surface area (Å²) in [5, 5.41) is 5.13. The molecule has 1 nitrogen and oxygen atoms in total. The molecule has 0 fully saturated rings. The van der Waals surface area contributed by atoms with Gasteiger partial charge >= 0.3 is 0 Å². The monoisotopic (exact) mass is 721 g/mol. The first-order chi connectivity index (χ1) is 26.8. The first-order valence-electron chi connectivity index (χ1n) is 18.5. The van der Waals surface area contributed by atoms with Crippen LogP contribution in [0.5, 0.6) is 0 Å². The van der Waals surface area contributed by atoms with Gasteiger partial charge in [0.15, 0.2) is 0 Å². The van der Waals surface area contributed by atoms with Gasteiger partial charge in [0.1, 0.15) is 0 Å². The summed E-state index contributed by atoms with van der Waals surface area (Å²) in [7, 11) is 0. The Balaban J connectivity index is 1.14. The molecule has 2 aliphatic heterocycles. The second-order valence-corrected chi connectivity index (χ2v) is 16.2. The first kappa shape index (κ1) is 31.6. The molecule has 0 unspecified atom stereocenters. The largest absolute Gasteiger partial charge is 0.310 e. The molecule has 0 bridgehead atoms. The fourth-order valence-corrected chi connectivity index (χ4v) is 11.2. The third-order valence-electron chi connectivity index (χ3n) is 10.9. The Labute approximate surface area is 324 Å². The highest BCUT2D eigenvalue weighted by molar-refractivity contribution is 8.01. The van der Waals surface area contributed by atoms with Gasteiger partial charge in [-0.15, -0.1) is 0 Å². The number of hydrogen-bond donors (Lipinski definition) is 0. The third kappa shape index (κ3) is 5.05. The molecule has 0 saturated heterocycles. The van der Waals surface area contributed by atoms with Crippen LogP contribution in [0.3, 0.4) is 0 Å². The maximum absolute atomic E-state index is 2.49. The van der Waals surface area contributed by atoms with Crippen LogP contribution < -0.4 is 21.3 Å². The van der Waals surface area contributed by atoms with Crippen molar-refractivity contribution in [3.8, 4) is 22.3 Å². The van der Waals surface area contributed by atoms with Crippen molar-refractivity contribution in [1.82, 2.24) is 0 Å². The maximum Gasteiger partial charge on any atom is 0.247 e. The van der Waals surface area contributed by atoms with Gasteiger partial charge in [-0.2, -0.15) is 0 Å². The zero-order valence-electron chi connectivity index (χ0n) is 29.3. The van der Waals surface area contributed by atoms with E-state index in [0.717, 1.165) is 17.1 Å². The van der Waals surface area contributed by atoms with E-state index in [2.05, 4.69) is 199 Å². The molecule has 0 spiro atoms. The van der Waals surface area contributed by atoms with Gasteiger partial charge in [0.05, 0.1) is 0 Å². The molecule has 2 aliphatic rings. The van der Waals surface area contributed by atoms with E-state index in [1.54, 1.807) is 0 Å². The molecule has 0 atom stereocenters. The van der Waals surface area contributed by atoms with Gasteiger partial charge in [-0.3, -0.25) is 0 Å². The number of para-hydroxylation sites is 2. The summed E-state index contributed by atoms with van der Waals surface area (Å²) in [4.78, 5) is 7.70. The van der Waals surface area contributed by atoms with Gasteiger partial charge in [0, 0.05) is 36.6 Å².